The molecular formula is C27H23N3O9S2. The van der Waals surface area contributed by atoms with Crippen LogP contribution in [0.1, 0.15) is 15.9 Å². The number of non-ortho nitro benzene ring substituents is 1. The van der Waals surface area contributed by atoms with Crippen molar-refractivity contribution in [2.45, 2.75) is 16.7 Å². The van der Waals surface area contributed by atoms with Crippen LogP contribution in [-0.4, -0.2) is 34.8 Å². The molecule has 0 radical (unpaired) electrons. The molecule has 0 heterocycles. The van der Waals surface area contributed by atoms with Crippen molar-refractivity contribution in [2.24, 2.45) is 0 Å². The van der Waals surface area contributed by atoms with Gasteiger partial charge in [-0.25, -0.2) is 8.42 Å². The molecular weight excluding hydrogens is 574 g/mol. The summed E-state index contributed by atoms with van der Waals surface area (Å²) in [6, 6.07) is 20.0. The molecule has 41 heavy (non-hydrogen) atoms. The molecule has 2 N–H and O–H groups in total. The van der Waals surface area contributed by atoms with Gasteiger partial charge in [0, 0.05) is 12.1 Å². The fourth-order valence-electron chi connectivity index (χ4n) is 3.71. The van der Waals surface area contributed by atoms with Crippen molar-refractivity contribution < 1.29 is 35.5 Å². The Bertz CT molecular complexity index is 1820. The smallest absolute Gasteiger partial charge is 0.340 e. The second-order valence-corrected chi connectivity index (χ2v) is 11.7. The average molecular weight is 598 g/mol. The molecule has 0 saturated heterocycles. The van der Waals surface area contributed by atoms with Gasteiger partial charge in [0.05, 0.1) is 33.9 Å². The first-order valence-electron chi connectivity index (χ1n) is 11.8. The number of nitro groups is 1. The van der Waals surface area contributed by atoms with Gasteiger partial charge in [0.2, 0.25) is 0 Å². The Hall–Kier alpha value is -4.95. The quantitative estimate of drug-likeness (QED) is 0.149. The third-order valence-corrected chi connectivity index (χ3v) is 8.38. The standard InChI is InChI=1S/C27H23N3O9S2/c1-18-10-16-21(17-11-18)40(34,35)29-23-7-5-9-25(26(23)27(31)28-22-6-3-4-8-24(22)38-2)41(36,37)39-20-14-12-19(13-15-20)30(32)33/h3-17,29H,1-2H3,(H,28,31). The number of aryl methyl sites for hydroxylation is 1. The summed E-state index contributed by atoms with van der Waals surface area (Å²) >= 11 is 0. The van der Waals surface area contributed by atoms with Gasteiger partial charge in [-0.2, -0.15) is 8.42 Å². The minimum absolute atomic E-state index is 0.116. The van der Waals surface area contributed by atoms with E-state index >= 15 is 0 Å². The zero-order valence-corrected chi connectivity index (χ0v) is 23.2. The number of nitro benzene ring substituents is 1. The van der Waals surface area contributed by atoms with Crippen LogP contribution in [0.4, 0.5) is 17.1 Å². The van der Waals surface area contributed by atoms with Crippen LogP contribution >= 0.6 is 0 Å². The summed E-state index contributed by atoms with van der Waals surface area (Å²) in [6.07, 6.45) is 0. The number of amides is 1. The zero-order valence-electron chi connectivity index (χ0n) is 21.6. The molecule has 4 aromatic rings. The summed E-state index contributed by atoms with van der Waals surface area (Å²) in [5.41, 5.74) is -0.186. The van der Waals surface area contributed by atoms with Gasteiger partial charge in [-0.15, -0.1) is 0 Å². The third kappa shape index (κ3) is 6.62. The molecule has 0 bridgehead atoms. The van der Waals surface area contributed by atoms with Gasteiger partial charge in [-0.3, -0.25) is 19.6 Å². The van der Waals surface area contributed by atoms with Crippen molar-refractivity contribution in [1.82, 2.24) is 0 Å². The first-order valence-corrected chi connectivity index (χ1v) is 14.7. The molecule has 0 unspecified atom stereocenters. The van der Waals surface area contributed by atoms with Crippen molar-refractivity contribution >= 4 is 43.1 Å². The number of para-hydroxylation sites is 2. The number of methoxy groups -OCH3 is 1. The number of sulfonamides is 1. The molecule has 14 heteroatoms. The van der Waals surface area contributed by atoms with Crippen molar-refractivity contribution in [2.75, 3.05) is 17.1 Å². The van der Waals surface area contributed by atoms with Crippen molar-refractivity contribution in [3.8, 4) is 11.5 Å². The van der Waals surface area contributed by atoms with E-state index in [0.717, 1.165) is 35.9 Å². The van der Waals surface area contributed by atoms with Crippen molar-refractivity contribution in [3.63, 3.8) is 0 Å². The Labute approximate surface area is 235 Å². The first kappa shape index (κ1) is 29.0. The molecule has 12 nitrogen and oxygen atoms in total. The van der Waals surface area contributed by atoms with Gasteiger partial charge < -0.3 is 14.2 Å². The maximum atomic E-state index is 13.6. The Morgan fingerprint density at radius 2 is 1.46 bits per heavy atom. The van der Waals surface area contributed by atoms with Crippen LogP contribution in [0.5, 0.6) is 11.5 Å². The lowest BCUT2D eigenvalue weighted by Gasteiger charge is -2.17. The number of hydrogen-bond donors (Lipinski definition) is 2. The van der Waals surface area contributed by atoms with E-state index in [1.165, 1.54) is 37.4 Å². The molecule has 4 aromatic carbocycles. The predicted molar refractivity (Wildman–Crippen MR) is 150 cm³/mol. The van der Waals surface area contributed by atoms with E-state index in [2.05, 4.69) is 10.0 Å². The number of nitrogens with zero attached hydrogens (tertiary/aromatic N) is 1. The first-order chi connectivity index (χ1) is 19.4. The topological polar surface area (TPSA) is 171 Å². The minimum Gasteiger partial charge on any atom is -0.495 e. The van der Waals surface area contributed by atoms with Crippen molar-refractivity contribution in [1.29, 1.82) is 0 Å². The predicted octanol–water partition coefficient (Wildman–Crippen LogP) is 4.73. The molecule has 0 fully saturated rings. The number of anilines is 2. The summed E-state index contributed by atoms with van der Waals surface area (Å²) < 4.78 is 65.9. The number of carbonyl (C=O) groups is 1. The summed E-state index contributed by atoms with van der Waals surface area (Å²) in [6.45, 7) is 1.78. The molecule has 0 atom stereocenters. The Kier molecular flexibility index (Phi) is 8.26. The SMILES string of the molecule is COc1ccccc1NC(=O)c1c(NS(=O)(=O)c2ccc(C)cc2)cccc1S(=O)(=O)Oc1ccc([N+](=O)[O-])cc1. The lowest BCUT2D eigenvalue weighted by atomic mass is 10.1. The van der Waals surface area contributed by atoms with Crippen molar-refractivity contribution in [3.05, 3.63) is 112 Å². The molecule has 4 rings (SSSR count). The zero-order chi connectivity index (χ0) is 29.8. The van der Waals surface area contributed by atoms with E-state index < -0.39 is 41.4 Å². The van der Waals surface area contributed by atoms with E-state index in [-0.39, 0.29) is 33.5 Å². The normalized spacial score (nSPS) is 11.4. The Morgan fingerprint density at radius 3 is 2.10 bits per heavy atom. The van der Waals surface area contributed by atoms with Crippen LogP contribution in [0.15, 0.2) is 101 Å². The maximum Gasteiger partial charge on any atom is 0.340 e. The van der Waals surface area contributed by atoms with Crippen LogP contribution in [0.25, 0.3) is 0 Å². The van der Waals surface area contributed by atoms with Crippen LogP contribution in [0.2, 0.25) is 0 Å². The average Bonchev–Trinajstić information content (AvgIpc) is 2.93. The number of rotatable bonds is 10. The van der Waals surface area contributed by atoms with Crippen LogP contribution in [-0.2, 0) is 20.1 Å². The molecule has 1 amide bonds. The van der Waals surface area contributed by atoms with E-state index in [1.807, 2.05) is 0 Å². The number of hydrogen-bond acceptors (Lipinski definition) is 9. The summed E-state index contributed by atoms with van der Waals surface area (Å²) in [7, 11) is -7.66. The largest absolute Gasteiger partial charge is 0.495 e. The molecule has 0 spiro atoms. The highest BCUT2D eigenvalue weighted by Crippen LogP contribution is 2.32. The lowest BCUT2D eigenvalue weighted by molar-refractivity contribution is -0.384. The second kappa shape index (κ2) is 11.7. The minimum atomic E-state index is -4.78. The van der Waals surface area contributed by atoms with Gasteiger partial charge in [0.25, 0.3) is 21.6 Å². The number of carbonyl (C=O) groups excluding carboxylic acids is 1. The molecule has 0 aliphatic heterocycles. The van der Waals surface area contributed by atoms with Crippen LogP contribution in [0.3, 0.4) is 0 Å². The number of benzene rings is 4. The van der Waals surface area contributed by atoms with Crippen LogP contribution in [0, 0.1) is 17.0 Å². The molecule has 0 aliphatic carbocycles. The van der Waals surface area contributed by atoms with Gasteiger partial charge in [-0.1, -0.05) is 35.9 Å². The molecule has 0 saturated carbocycles. The van der Waals surface area contributed by atoms with E-state index in [4.69, 9.17) is 8.92 Å². The maximum absolute atomic E-state index is 13.6. The monoisotopic (exact) mass is 597 g/mol. The number of nitrogens with one attached hydrogen (secondary N) is 2. The molecule has 0 aromatic heterocycles. The fourth-order valence-corrected chi connectivity index (χ4v) is 5.93. The fraction of sp³-hybridized carbons (Fsp3) is 0.0741. The highest BCUT2D eigenvalue weighted by Gasteiger charge is 2.30. The molecule has 212 valence electrons. The Morgan fingerprint density at radius 1 is 0.829 bits per heavy atom. The number of ether oxygens (including phenoxy) is 1. The van der Waals surface area contributed by atoms with Gasteiger partial charge in [0.15, 0.2) is 0 Å². The van der Waals surface area contributed by atoms with E-state index in [0.29, 0.717) is 0 Å². The molecule has 0 aliphatic rings. The van der Waals surface area contributed by atoms with E-state index in [9.17, 15) is 31.7 Å². The third-order valence-electron chi connectivity index (χ3n) is 5.71. The summed E-state index contributed by atoms with van der Waals surface area (Å²) in [4.78, 5) is 23.1. The highest BCUT2D eigenvalue weighted by molar-refractivity contribution is 7.92. The van der Waals surface area contributed by atoms with E-state index in [1.54, 1.807) is 37.3 Å². The second-order valence-electron chi connectivity index (χ2n) is 8.54. The van der Waals surface area contributed by atoms with Gasteiger partial charge >= 0.3 is 10.1 Å². The highest BCUT2D eigenvalue weighted by atomic mass is 32.2. The van der Waals surface area contributed by atoms with Crippen LogP contribution < -0.4 is 19.0 Å². The Balaban J connectivity index is 1.81. The summed E-state index contributed by atoms with van der Waals surface area (Å²) in [5.74, 6) is -0.981. The lowest BCUT2D eigenvalue weighted by Crippen LogP contribution is -2.23. The van der Waals surface area contributed by atoms with Gasteiger partial charge in [-0.05, 0) is 55.5 Å². The van der Waals surface area contributed by atoms with Gasteiger partial charge in [0.1, 0.15) is 16.4 Å². The summed E-state index contributed by atoms with van der Waals surface area (Å²) in [5, 5.41) is 13.5.